The monoisotopic (exact) mass is 1670 g/mol. The average Bonchev–Trinajstić information content (AvgIpc) is 0.826. The lowest BCUT2D eigenvalue weighted by atomic mass is 10.1. The predicted octanol–water partition coefficient (Wildman–Crippen LogP) is 25.6. The van der Waals surface area contributed by atoms with Gasteiger partial charge in [0, 0.05) is 57.6 Å². The van der Waals surface area contributed by atoms with E-state index < -0.39 is 252 Å². The lowest BCUT2D eigenvalue weighted by Gasteiger charge is -2.04. The molecule has 112 heavy (non-hydrogen) atoms. The number of rotatable bonds is 2. The van der Waals surface area contributed by atoms with Gasteiger partial charge >= 0.3 is 11.4 Å². The first kappa shape index (κ1) is 99.0. The van der Waals surface area contributed by atoms with Gasteiger partial charge in [0.2, 0.25) is 17.5 Å². The highest BCUT2D eigenvalue weighted by Gasteiger charge is 2.31. The van der Waals surface area contributed by atoms with E-state index in [9.17, 15) is 165 Å². The van der Waals surface area contributed by atoms with Crippen molar-refractivity contribution < 1.29 is 155 Å². The molecular formula is C72H48ClF33N2O4. The molecule has 6 nitrogen and oxygen atoms in total. The molecule has 0 N–H and O–H groups in total. The summed E-state index contributed by atoms with van der Waals surface area (Å²) in [6.07, 6.45) is 0. The van der Waals surface area contributed by atoms with Crippen LogP contribution >= 0.6 is 11.6 Å². The van der Waals surface area contributed by atoms with Crippen LogP contribution in [-0.2, 0) is 0 Å². The quantitative estimate of drug-likeness (QED) is 0.0567. The first-order chi connectivity index (χ1) is 51.4. The molecule has 0 saturated heterocycles. The Morgan fingerprint density at radius 1 is 0.214 bits per heavy atom. The van der Waals surface area contributed by atoms with Crippen LogP contribution in [0.5, 0.6) is 0 Å². The summed E-state index contributed by atoms with van der Waals surface area (Å²) >= 11 is 5.23. The molecular weight excluding hydrogens is 1620 g/mol. The van der Waals surface area contributed by atoms with Gasteiger partial charge in [-0.2, -0.15) is 8.78 Å². The maximum atomic E-state index is 13.1. The maximum absolute atomic E-state index is 13.1. The summed E-state index contributed by atoms with van der Waals surface area (Å²) in [7, 11) is 0. The van der Waals surface area contributed by atoms with Gasteiger partial charge in [0.05, 0.1) is 21.0 Å². The number of benzene rings is 10. The molecule has 10 aromatic carbocycles. The smallest absolute Gasteiger partial charge is 0.258 e. The standard InChI is InChI=1S/C8H6F4.C8H6F3NO2.C7H5ClF2.C7H3F4NO2.2C7H4F4.4C7H5F3/c1-3-5(9)7(11)4(2)8(12)6(3)10;1-3-5(9)4(2)8(12(13)14)7(11)6(3)10;1-4-2-3-5(9)6(8)7(4)10;1-2-3(8)4(9)5(10)6(11)7(2)12(13)14;1-3-6(10)4(8)2-5(9)7(3)11;1-3-2-4(8)6(10)7(11)5(3)9;1-4-6(9)2-5(8)3-7(4)10;1-4-2-6(9)7(10)3-5(4)8;1-4-2-5(8)7(10)6(9)3-4;1-4-5(8)2-3-6(9)7(4)10/h1-2H3;1-2H3;2-3H,1H3;1H3;2*2H,1H3;4*2-3H,1H3. The van der Waals surface area contributed by atoms with Crippen LogP contribution in [0.4, 0.5) is 156 Å². The molecule has 10 aromatic rings. The van der Waals surface area contributed by atoms with Gasteiger partial charge in [-0.25, -0.2) is 136 Å². The predicted molar refractivity (Wildman–Crippen MR) is 338 cm³/mol. The molecule has 0 saturated carbocycles. The molecule has 0 unspecified atom stereocenters. The molecule has 0 spiro atoms. The number of aryl methyl sites for hydroxylation is 4. The van der Waals surface area contributed by atoms with Crippen molar-refractivity contribution in [1.29, 1.82) is 0 Å². The van der Waals surface area contributed by atoms with Gasteiger partial charge in [0.1, 0.15) is 51.6 Å². The molecule has 0 aromatic heterocycles. The molecule has 0 aliphatic rings. The number of nitro benzene ring substituents is 2. The minimum absolute atomic E-state index is 0.110. The van der Waals surface area contributed by atoms with E-state index in [0.29, 0.717) is 35.4 Å². The Kier molecular flexibility index (Phi) is 38.0. The summed E-state index contributed by atoms with van der Waals surface area (Å²) in [6, 6.07) is 9.47. The lowest BCUT2D eigenvalue weighted by Crippen LogP contribution is -2.05. The zero-order valence-electron chi connectivity index (χ0n) is 58.3. The summed E-state index contributed by atoms with van der Waals surface area (Å²) in [5, 5.41) is 20.0. The van der Waals surface area contributed by atoms with E-state index >= 15 is 0 Å². The van der Waals surface area contributed by atoms with Crippen LogP contribution in [-0.4, -0.2) is 9.85 Å². The molecule has 0 amide bonds. The van der Waals surface area contributed by atoms with Crippen LogP contribution in [0.2, 0.25) is 5.02 Å². The van der Waals surface area contributed by atoms with Crippen molar-refractivity contribution in [3.63, 3.8) is 0 Å². The fourth-order valence-electron chi connectivity index (χ4n) is 7.48. The fourth-order valence-corrected chi connectivity index (χ4v) is 7.70. The van der Waals surface area contributed by atoms with E-state index in [1.165, 1.54) is 40.7 Å². The number of nitrogens with zero attached hydrogens (tertiary/aromatic N) is 2. The molecule has 0 atom stereocenters. The van der Waals surface area contributed by atoms with E-state index in [4.69, 9.17) is 11.6 Å². The number of nitro groups is 2. The molecule has 0 heterocycles. The van der Waals surface area contributed by atoms with E-state index in [2.05, 4.69) is 0 Å². The molecule has 0 bridgehead atoms. The molecule has 40 heteroatoms. The molecule has 0 radical (unpaired) electrons. The van der Waals surface area contributed by atoms with Crippen molar-refractivity contribution in [2.75, 3.05) is 0 Å². The SMILES string of the molecule is Cc1c(F)c(C)c([N+](=O)[O-])c(F)c1F.Cc1c(F)c(F)c(C)c(F)c1F.Cc1c(F)c(F)c(F)c(F)c1[N+](=O)[O-].Cc1c(F)c(F)cc(F)c1F.Cc1c(F)cc(F)cc1F.Cc1c(F)ccc(F)c1F.Cc1cc(F)c(F)c(F)c1.Cc1cc(F)c(F)c(F)c1F.Cc1cc(F)c(F)cc1F.Cc1ccc(F)c(Cl)c1F. The first-order valence-electron chi connectivity index (χ1n) is 29.5. The molecule has 608 valence electrons. The summed E-state index contributed by atoms with van der Waals surface area (Å²) < 4.78 is 410. The summed E-state index contributed by atoms with van der Waals surface area (Å²) in [4.78, 5) is 18.0. The maximum Gasteiger partial charge on any atom is 0.313 e. The van der Waals surface area contributed by atoms with Gasteiger partial charge in [-0.3, -0.25) is 20.2 Å². The topological polar surface area (TPSA) is 86.3 Å². The van der Waals surface area contributed by atoms with Gasteiger partial charge in [-0.15, -0.1) is 0 Å². The Labute approximate surface area is 615 Å². The summed E-state index contributed by atoms with van der Waals surface area (Å²) in [5.74, 6) is -42.6. The summed E-state index contributed by atoms with van der Waals surface area (Å²) in [6.45, 7) is 13.8. The highest BCUT2D eigenvalue weighted by Crippen LogP contribution is 2.32. The van der Waals surface area contributed by atoms with Gasteiger partial charge in [0.15, 0.2) is 128 Å². The largest absolute Gasteiger partial charge is 0.313 e. The van der Waals surface area contributed by atoms with Crippen LogP contribution in [0, 0.1) is 295 Å². The summed E-state index contributed by atoms with van der Waals surface area (Å²) in [5.41, 5.74) is -6.19. The molecule has 10 rings (SSSR count). The highest BCUT2D eigenvalue weighted by atomic mass is 35.5. The zero-order chi connectivity index (χ0) is 87.4. The van der Waals surface area contributed by atoms with Crippen molar-refractivity contribution in [2.24, 2.45) is 0 Å². The van der Waals surface area contributed by atoms with Gasteiger partial charge in [0.25, 0.3) is 0 Å². The minimum Gasteiger partial charge on any atom is -0.258 e. The van der Waals surface area contributed by atoms with Crippen molar-refractivity contribution in [1.82, 2.24) is 0 Å². The first-order valence-corrected chi connectivity index (χ1v) is 29.9. The fraction of sp³-hybridized carbons (Fsp3) is 0.167. The second-order valence-corrected chi connectivity index (χ2v) is 22.4. The van der Waals surface area contributed by atoms with Gasteiger partial charge in [-0.05, 0) is 148 Å². The Morgan fingerprint density at radius 3 is 0.929 bits per heavy atom. The number of hydrogen-bond donors (Lipinski definition) is 0. The Hall–Kier alpha value is -11.0. The lowest BCUT2D eigenvalue weighted by molar-refractivity contribution is -0.388. The molecule has 0 aliphatic heterocycles. The van der Waals surface area contributed by atoms with Crippen molar-refractivity contribution in [2.45, 2.75) is 83.1 Å². The van der Waals surface area contributed by atoms with Crippen LogP contribution in [0.25, 0.3) is 0 Å². The van der Waals surface area contributed by atoms with E-state index in [-0.39, 0.29) is 28.3 Å². The minimum atomic E-state index is -2.18. The third-order valence-corrected chi connectivity index (χ3v) is 14.3. The number of halogens is 34. The normalized spacial score (nSPS) is 10.2. The van der Waals surface area contributed by atoms with Crippen LogP contribution in [0.1, 0.15) is 66.8 Å². The van der Waals surface area contributed by atoms with E-state index in [1.807, 2.05) is 0 Å². The Morgan fingerprint density at radius 2 is 0.518 bits per heavy atom. The number of hydrogen-bond acceptors (Lipinski definition) is 4. The average molecular weight is 1670 g/mol. The van der Waals surface area contributed by atoms with E-state index in [0.717, 1.165) is 84.9 Å². The van der Waals surface area contributed by atoms with E-state index in [1.54, 1.807) is 0 Å². The third kappa shape index (κ3) is 26.1. The Balaban J connectivity index is 0.000000624. The van der Waals surface area contributed by atoms with Crippen LogP contribution in [0.3, 0.4) is 0 Å². The van der Waals surface area contributed by atoms with Crippen molar-refractivity contribution in [3.8, 4) is 0 Å². The third-order valence-electron chi connectivity index (χ3n) is 14.0. The second-order valence-electron chi connectivity index (χ2n) is 22.0. The molecule has 0 fully saturated rings. The molecule has 0 aliphatic carbocycles. The van der Waals surface area contributed by atoms with Crippen molar-refractivity contribution in [3.05, 3.63) is 357 Å². The Bertz CT molecular complexity index is 4500. The van der Waals surface area contributed by atoms with Crippen molar-refractivity contribution >= 4 is 23.0 Å². The van der Waals surface area contributed by atoms with Gasteiger partial charge in [-0.1, -0.05) is 17.7 Å². The second kappa shape index (κ2) is 43.0. The van der Waals surface area contributed by atoms with Gasteiger partial charge < -0.3 is 0 Å². The van der Waals surface area contributed by atoms with Crippen LogP contribution in [0.15, 0.2) is 72.8 Å². The highest BCUT2D eigenvalue weighted by molar-refractivity contribution is 6.30. The van der Waals surface area contributed by atoms with Crippen LogP contribution < -0.4 is 0 Å². The zero-order valence-corrected chi connectivity index (χ0v) is 59.1.